The van der Waals surface area contributed by atoms with E-state index in [1.165, 1.54) is 0 Å². The zero-order valence-corrected chi connectivity index (χ0v) is 10.8. The number of aromatic nitrogens is 2. The average molecular weight is 266 g/mol. The highest BCUT2D eigenvalue weighted by atomic mass is 35.5. The minimum Gasteiger partial charge on any atom is -0.382 e. The molecule has 1 N–H and O–H groups in total. The van der Waals surface area contributed by atoms with E-state index >= 15 is 0 Å². The monoisotopic (exact) mass is 265 g/mol. The van der Waals surface area contributed by atoms with Gasteiger partial charge in [0, 0.05) is 20.3 Å². The molecular formula is C9H16ClN3O2S. The maximum Gasteiger partial charge on any atom is 0.186 e. The first-order chi connectivity index (χ1) is 7.84. The zero-order valence-electron chi connectivity index (χ0n) is 9.24. The molecule has 0 saturated carbocycles. The zero-order chi connectivity index (χ0) is 11.6. The molecule has 0 aliphatic rings. The highest BCUT2D eigenvalue weighted by Crippen LogP contribution is 2.17. The molecule has 0 unspecified atom stereocenters. The molecule has 0 amide bonds. The summed E-state index contributed by atoms with van der Waals surface area (Å²) in [5.74, 6) is 0.673. The van der Waals surface area contributed by atoms with Crippen LogP contribution < -0.4 is 5.32 Å². The van der Waals surface area contributed by atoms with Crippen molar-refractivity contribution in [3.63, 3.8) is 0 Å². The first-order valence-electron chi connectivity index (χ1n) is 5.13. The second-order valence-corrected chi connectivity index (χ2v) is 4.03. The quantitative estimate of drug-likeness (QED) is 0.693. The number of methoxy groups -OCH3 is 1. The summed E-state index contributed by atoms with van der Waals surface area (Å²) in [4.78, 5) is 0. The van der Waals surface area contributed by atoms with Crippen molar-refractivity contribution in [2.75, 3.05) is 38.8 Å². The van der Waals surface area contributed by atoms with Crippen LogP contribution in [0.15, 0.2) is 0 Å². The van der Waals surface area contributed by atoms with Crippen LogP contribution in [-0.2, 0) is 9.47 Å². The minimum absolute atomic E-state index is 0.446. The molecule has 92 valence electrons. The van der Waals surface area contributed by atoms with Gasteiger partial charge in [-0.1, -0.05) is 11.6 Å². The van der Waals surface area contributed by atoms with Crippen molar-refractivity contribution in [3.8, 4) is 0 Å². The van der Waals surface area contributed by atoms with Crippen LogP contribution in [0, 0.1) is 0 Å². The van der Waals surface area contributed by atoms with Gasteiger partial charge in [-0.15, -0.1) is 0 Å². The molecule has 1 aromatic heterocycles. The third kappa shape index (κ3) is 5.60. The van der Waals surface area contributed by atoms with E-state index in [2.05, 4.69) is 14.1 Å². The van der Waals surface area contributed by atoms with Gasteiger partial charge in [0.1, 0.15) is 0 Å². The SMILES string of the molecule is COCCOCCCCNc1nsnc1Cl. The molecule has 5 nitrogen and oxygen atoms in total. The standard InChI is InChI=1S/C9H16ClN3O2S/c1-14-6-7-15-5-3-2-4-11-9-8(10)12-16-13-9/h2-7H2,1H3,(H,11,13). The van der Waals surface area contributed by atoms with Gasteiger partial charge < -0.3 is 14.8 Å². The van der Waals surface area contributed by atoms with Gasteiger partial charge in [-0.2, -0.15) is 8.75 Å². The second-order valence-electron chi connectivity index (χ2n) is 3.14. The van der Waals surface area contributed by atoms with Crippen molar-refractivity contribution in [2.45, 2.75) is 12.8 Å². The lowest BCUT2D eigenvalue weighted by atomic mass is 10.3. The van der Waals surface area contributed by atoms with E-state index in [-0.39, 0.29) is 0 Å². The fourth-order valence-corrected chi connectivity index (χ4v) is 1.75. The number of nitrogens with one attached hydrogen (secondary N) is 1. The van der Waals surface area contributed by atoms with Crippen molar-refractivity contribution in [2.24, 2.45) is 0 Å². The maximum atomic E-state index is 5.77. The summed E-state index contributed by atoms with van der Waals surface area (Å²) in [6.45, 7) is 2.90. The molecule has 0 aromatic carbocycles. The highest BCUT2D eigenvalue weighted by molar-refractivity contribution is 6.99. The summed E-state index contributed by atoms with van der Waals surface area (Å²) < 4.78 is 18.1. The van der Waals surface area contributed by atoms with Crippen molar-refractivity contribution in [3.05, 3.63) is 5.15 Å². The fraction of sp³-hybridized carbons (Fsp3) is 0.778. The third-order valence-corrected chi connectivity index (χ3v) is 2.78. The lowest BCUT2D eigenvalue weighted by Gasteiger charge is -2.04. The van der Waals surface area contributed by atoms with E-state index in [9.17, 15) is 0 Å². The van der Waals surface area contributed by atoms with E-state index in [0.717, 1.165) is 37.7 Å². The molecule has 0 aliphatic carbocycles. The topological polar surface area (TPSA) is 56.3 Å². The Balaban J connectivity index is 1.91. The summed E-state index contributed by atoms with van der Waals surface area (Å²) in [6.07, 6.45) is 2.02. The number of hydrogen-bond donors (Lipinski definition) is 1. The van der Waals surface area contributed by atoms with Crippen LogP contribution in [0.1, 0.15) is 12.8 Å². The van der Waals surface area contributed by atoms with Gasteiger partial charge in [0.15, 0.2) is 11.0 Å². The Morgan fingerprint density at radius 2 is 2.12 bits per heavy atom. The molecule has 0 fully saturated rings. The van der Waals surface area contributed by atoms with Crippen LogP contribution in [0.4, 0.5) is 5.82 Å². The summed E-state index contributed by atoms with van der Waals surface area (Å²) in [5, 5.41) is 3.57. The van der Waals surface area contributed by atoms with Gasteiger partial charge in [-0.3, -0.25) is 0 Å². The van der Waals surface area contributed by atoms with Crippen LogP contribution in [-0.4, -0.2) is 42.2 Å². The molecule has 0 aliphatic heterocycles. The van der Waals surface area contributed by atoms with Gasteiger partial charge in [-0.05, 0) is 12.8 Å². The number of ether oxygens (including phenoxy) is 2. The Morgan fingerprint density at radius 3 is 2.81 bits per heavy atom. The first-order valence-corrected chi connectivity index (χ1v) is 6.24. The van der Waals surface area contributed by atoms with E-state index in [4.69, 9.17) is 21.1 Å². The number of nitrogens with zero attached hydrogens (tertiary/aromatic N) is 2. The Labute approximate surface area is 104 Å². The molecule has 0 spiro atoms. The Hall–Kier alpha value is -0.430. The molecule has 1 heterocycles. The van der Waals surface area contributed by atoms with Gasteiger partial charge in [-0.25, -0.2) is 0 Å². The summed E-state index contributed by atoms with van der Waals surface area (Å²) in [5.41, 5.74) is 0. The molecule has 1 aromatic rings. The smallest absolute Gasteiger partial charge is 0.186 e. The second kappa shape index (κ2) is 8.69. The van der Waals surface area contributed by atoms with Crippen LogP contribution in [0.25, 0.3) is 0 Å². The lowest BCUT2D eigenvalue weighted by Crippen LogP contribution is -2.06. The summed E-state index contributed by atoms with van der Waals surface area (Å²) in [7, 11) is 1.67. The van der Waals surface area contributed by atoms with Gasteiger partial charge >= 0.3 is 0 Å². The Morgan fingerprint density at radius 1 is 1.25 bits per heavy atom. The molecule has 0 saturated heterocycles. The van der Waals surface area contributed by atoms with E-state index in [1.807, 2.05) is 0 Å². The van der Waals surface area contributed by atoms with Crippen LogP contribution in [0.3, 0.4) is 0 Å². The van der Waals surface area contributed by atoms with E-state index in [1.54, 1.807) is 7.11 Å². The molecular weight excluding hydrogens is 250 g/mol. The number of anilines is 1. The highest BCUT2D eigenvalue weighted by Gasteiger charge is 2.02. The lowest BCUT2D eigenvalue weighted by molar-refractivity contribution is 0.0691. The van der Waals surface area contributed by atoms with E-state index in [0.29, 0.717) is 24.2 Å². The summed E-state index contributed by atoms with van der Waals surface area (Å²) in [6, 6.07) is 0. The first kappa shape index (κ1) is 13.6. The van der Waals surface area contributed by atoms with Crippen LogP contribution >= 0.6 is 23.3 Å². The van der Waals surface area contributed by atoms with Crippen molar-refractivity contribution >= 4 is 29.1 Å². The normalized spacial score (nSPS) is 10.6. The van der Waals surface area contributed by atoms with Crippen LogP contribution in [0.2, 0.25) is 5.15 Å². The average Bonchev–Trinajstić information content (AvgIpc) is 2.68. The van der Waals surface area contributed by atoms with Crippen molar-refractivity contribution in [1.82, 2.24) is 8.75 Å². The summed E-state index contributed by atoms with van der Waals surface area (Å²) >= 11 is 6.88. The number of halogens is 1. The Bertz CT molecular complexity index is 285. The predicted molar refractivity (Wildman–Crippen MR) is 65.3 cm³/mol. The molecule has 0 radical (unpaired) electrons. The molecule has 7 heteroatoms. The van der Waals surface area contributed by atoms with Gasteiger partial charge in [0.25, 0.3) is 0 Å². The Kier molecular flexibility index (Phi) is 7.41. The molecule has 16 heavy (non-hydrogen) atoms. The molecule has 1 rings (SSSR count). The predicted octanol–water partition coefficient (Wildman–Crippen LogP) is 2.05. The fourth-order valence-electron chi connectivity index (χ4n) is 1.06. The van der Waals surface area contributed by atoms with Gasteiger partial charge in [0.05, 0.1) is 24.9 Å². The van der Waals surface area contributed by atoms with Crippen molar-refractivity contribution in [1.29, 1.82) is 0 Å². The van der Waals surface area contributed by atoms with Crippen LogP contribution in [0.5, 0.6) is 0 Å². The van der Waals surface area contributed by atoms with Crippen molar-refractivity contribution < 1.29 is 9.47 Å². The number of hydrogen-bond acceptors (Lipinski definition) is 6. The molecule has 0 bridgehead atoms. The van der Waals surface area contributed by atoms with Gasteiger partial charge in [0.2, 0.25) is 0 Å². The number of rotatable bonds is 9. The van der Waals surface area contributed by atoms with E-state index < -0.39 is 0 Å². The minimum atomic E-state index is 0.446. The maximum absolute atomic E-state index is 5.77. The molecule has 0 atom stereocenters. The number of unbranched alkanes of at least 4 members (excludes halogenated alkanes) is 1. The third-order valence-electron chi connectivity index (χ3n) is 1.89. The largest absolute Gasteiger partial charge is 0.382 e.